The van der Waals surface area contributed by atoms with Crippen molar-refractivity contribution in [1.29, 1.82) is 0 Å². The van der Waals surface area contributed by atoms with Crippen molar-refractivity contribution in [3.63, 3.8) is 0 Å². The number of carbonyl (C=O) groups excluding carboxylic acids is 2. The van der Waals surface area contributed by atoms with E-state index >= 15 is 0 Å². The highest BCUT2D eigenvalue weighted by molar-refractivity contribution is 7.14. The molecule has 3 aromatic rings. The summed E-state index contributed by atoms with van der Waals surface area (Å²) in [7, 11) is 0. The minimum Gasteiger partial charge on any atom is -0.326 e. The van der Waals surface area contributed by atoms with Gasteiger partial charge in [0.2, 0.25) is 5.91 Å². The summed E-state index contributed by atoms with van der Waals surface area (Å²) in [6, 6.07) is 14.8. The average molecular weight is 351 g/mol. The molecule has 25 heavy (non-hydrogen) atoms. The summed E-state index contributed by atoms with van der Waals surface area (Å²) in [5, 5.41) is 7.98. The van der Waals surface area contributed by atoms with E-state index in [1.807, 2.05) is 54.8 Å². The third-order valence-electron chi connectivity index (χ3n) is 3.51. The van der Waals surface area contributed by atoms with Gasteiger partial charge in [0.05, 0.1) is 5.69 Å². The Bertz CT molecular complexity index is 916. The predicted molar refractivity (Wildman–Crippen MR) is 101 cm³/mol. The second-order valence-corrected chi connectivity index (χ2v) is 6.48. The molecule has 0 bridgehead atoms. The molecule has 6 heteroatoms. The molecule has 0 spiro atoms. The minimum atomic E-state index is -0.175. The minimum absolute atomic E-state index is 0.109. The van der Waals surface area contributed by atoms with Crippen molar-refractivity contribution in [3.05, 3.63) is 65.0 Å². The number of carbonyl (C=O) groups is 2. The van der Waals surface area contributed by atoms with E-state index < -0.39 is 0 Å². The Labute approximate surface area is 149 Å². The maximum Gasteiger partial charge on any atom is 0.257 e. The van der Waals surface area contributed by atoms with Crippen molar-refractivity contribution < 1.29 is 9.59 Å². The molecule has 0 unspecified atom stereocenters. The molecule has 0 radical (unpaired) electrons. The van der Waals surface area contributed by atoms with Gasteiger partial charge in [0.15, 0.2) is 5.13 Å². The first kappa shape index (κ1) is 16.9. The van der Waals surface area contributed by atoms with Crippen molar-refractivity contribution in [2.75, 3.05) is 10.6 Å². The van der Waals surface area contributed by atoms with Crippen LogP contribution in [-0.2, 0) is 4.79 Å². The number of hydrogen-bond acceptors (Lipinski definition) is 4. The Morgan fingerprint density at radius 2 is 1.80 bits per heavy atom. The lowest BCUT2D eigenvalue weighted by Gasteiger charge is -2.03. The zero-order valence-corrected chi connectivity index (χ0v) is 14.7. The van der Waals surface area contributed by atoms with Crippen LogP contribution in [0.1, 0.15) is 22.8 Å². The van der Waals surface area contributed by atoms with Crippen LogP contribution >= 0.6 is 11.3 Å². The van der Waals surface area contributed by atoms with Crippen molar-refractivity contribution in [3.8, 4) is 11.3 Å². The molecule has 0 aliphatic rings. The molecule has 0 atom stereocenters. The fraction of sp³-hybridized carbons (Fsp3) is 0.105. The number of nitrogens with one attached hydrogen (secondary N) is 2. The summed E-state index contributed by atoms with van der Waals surface area (Å²) >= 11 is 1.37. The molecular formula is C19H17N3O2S. The Kier molecular flexibility index (Phi) is 4.90. The summed E-state index contributed by atoms with van der Waals surface area (Å²) in [5.41, 5.74) is 4.07. The van der Waals surface area contributed by atoms with Crippen molar-refractivity contribution in [1.82, 2.24) is 4.98 Å². The van der Waals surface area contributed by atoms with Crippen molar-refractivity contribution in [2.45, 2.75) is 13.8 Å². The molecule has 0 saturated heterocycles. The van der Waals surface area contributed by atoms with Gasteiger partial charge in [0.25, 0.3) is 5.91 Å². The Morgan fingerprint density at radius 3 is 2.48 bits per heavy atom. The molecule has 2 aromatic carbocycles. The fourth-order valence-electron chi connectivity index (χ4n) is 2.35. The molecule has 2 amide bonds. The molecule has 126 valence electrons. The molecule has 5 nitrogen and oxygen atoms in total. The lowest BCUT2D eigenvalue weighted by molar-refractivity contribution is -0.114. The van der Waals surface area contributed by atoms with Gasteiger partial charge in [-0.25, -0.2) is 4.98 Å². The van der Waals surface area contributed by atoms with E-state index in [4.69, 9.17) is 0 Å². The van der Waals surface area contributed by atoms with Gasteiger partial charge in [-0.15, -0.1) is 11.3 Å². The van der Waals surface area contributed by atoms with Gasteiger partial charge in [-0.05, 0) is 31.2 Å². The molecule has 1 heterocycles. The number of amides is 2. The smallest absolute Gasteiger partial charge is 0.257 e. The summed E-state index contributed by atoms with van der Waals surface area (Å²) < 4.78 is 0. The highest BCUT2D eigenvalue weighted by Crippen LogP contribution is 2.26. The third-order valence-corrected chi connectivity index (χ3v) is 4.26. The number of rotatable bonds is 4. The standard InChI is InChI=1S/C19H17N3O2S/c1-12-4-3-5-15(10-12)18(24)22-19-21-17(11-25-19)14-6-8-16(9-7-14)20-13(2)23/h3-11H,1-2H3,(H,20,23)(H,21,22,24). The average Bonchev–Trinajstić information content (AvgIpc) is 3.03. The number of aromatic nitrogens is 1. The lowest BCUT2D eigenvalue weighted by atomic mass is 10.1. The van der Waals surface area contributed by atoms with E-state index in [1.54, 1.807) is 6.07 Å². The van der Waals surface area contributed by atoms with E-state index in [0.717, 1.165) is 22.5 Å². The van der Waals surface area contributed by atoms with E-state index in [0.29, 0.717) is 10.7 Å². The van der Waals surface area contributed by atoms with Gasteiger partial charge < -0.3 is 5.32 Å². The fourth-order valence-corrected chi connectivity index (χ4v) is 3.06. The summed E-state index contributed by atoms with van der Waals surface area (Å²) in [4.78, 5) is 27.8. The predicted octanol–water partition coefficient (Wildman–Crippen LogP) is 4.33. The first-order valence-corrected chi connectivity index (χ1v) is 8.61. The Hall–Kier alpha value is -2.99. The molecule has 3 rings (SSSR count). The zero-order chi connectivity index (χ0) is 17.8. The quantitative estimate of drug-likeness (QED) is 0.735. The molecular weight excluding hydrogens is 334 g/mol. The highest BCUT2D eigenvalue weighted by atomic mass is 32.1. The number of aryl methyl sites for hydroxylation is 1. The van der Waals surface area contributed by atoms with Gasteiger partial charge in [0.1, 0.15) is 0 Å². The van der Waals surface area contributed by atoms with Gasteiger partial charge in [0, 0.05) is 29.1 Å². The summed E-state index contributed by atoms with van der Waals surface area (Å²) in [6.45, 7) is 3.42. The van der Waals surface area contributed by atoms with Crippen LogP contribution in [0.15, 0.2) is 53.9 Å². The van der Waals surface area contributed by atoms with Gasteiger partial charge in [-0.2, -0.15) is 0 Å². The number of anilines is 2. The normalized spacial score (nSPS) is 10.3. The SMILES string of the molecule is CC(=O)Nc1ccc(-c2csc(NC(=O)c3cccc(C)c3)n2)cc1. The van der Waals surface area contributed by atoms with E-state index in [-0.39, 0.29) is 11.8 Å². The third kappa shape index (κ3) is 4.30. The maximum absolute atomic E-state index is 12.3. The first-order valence-electron chi connectivity index (χ1n) is 7.73. The van der Waals surface area contributed by atoms with Gasteiger partial charge >= 0.3 is 0 Å². The number of nitrogens with zero attached hydrogens (tertiary/aromatic N) is 1. The van der Waals surface area contributed by atoms with Crippen LogP contribution in [0, 0.1) is 6.92 Å². The summed E-state index contributed by atoms with van der Waals surface area (Å²) in [6.07, 6.45) is 0. The highest BCUT2D eigenvalue weighted by Gasteiger charge is 2.10. The van der Waals surface area contributed by atoms with Gasteiger partial charge in [-0.3, -0.25) is 14.9 Å². The Morgan fingerprint density at radius 1 is 1.04 bits per heavy atom. The molecule has 0 saturated carbocycles. The second-order valence-electron chi connectivity index (χ2n) is 5.62. The number of thiazole rings is 1. The van der Waals surface area contributed by atoms with Crippen LogP contribution in [0.5, 0.6) is 0 Å². The number of hydrogen-bond donors (Lipinski definition) is 2. The monoisotopic (exact) mass is 351 g/mol. The van der Waals surface area contributed by atoms with E-state index in [1.165, 1.54) is 18.3 Å². The van der Waals surface area contributed by atoms with E-state index in [2.05, 4.69) is 15.6 Å². The summed E-state index contributed by atoms with van der Waals surface area (Å²) in [5.74, 6) is -0.284. The van der Waals surface area contributed by atoms with Crippen LogP contribution in [0.3, 0.4) is 0 Å². The number of benzene rings is 2. The Balaban J connectivity index is 1.72. The van der Waals surface area contributed by atoms with Crippen LogP contribution in [0.4, 0.5) is 10.8 Å². The van der Waals surface area contributed by atoms with Crippen molar-refractivity contribution in [2.24, 2.45) is 0 Å². The van der Waals surface area contributed by atoms with Crippen LogP contribution in [0.2, 0.25) is 0 Å². The largest absolute Gasteiger partial charge is 0.326 e. The van der Waals surface area contributed by atoms with Crippen LogP contribution in [0.25, 0.3) is 11.3 Å². The van der Waals surface area contributed by atoms with Gasteiger partial charge in [-0.1, -0.05) is 29.8 Å². The second kappa shape index (κ2) is 7.27. The lowest BCUT2D eigenvalue weighted by Crippen LogP contribution is -2.11. The topological polar surface area (TPSA) is 71.1 Å². The maximum atomic E-state index is 12.3. The van der Waals surface area contributed by atoms with Crippen LogP contribution in [-0.4, -0.2) is 16.8 Å². The van der Waals surface area contributed by atoms with E-state index in [9.17, 15) is 9.59 Å². The molecule has 2 N–H and O–H groups in total. The molecule has 0 aliphatic carbocycles. The van der Waals surface area contributed by atoms with Crippen molar-refractivity contribution >= 4 is 34.0 Å². The zero-order valence-electron chi connectivity index (χ0n) is 13.9. The van der Waals surface area contributed by atoms with Crippen LogP contribution < -0.4 is 10.6 Å². The molecule has 1 aromatic heterocycles. The first-order chi connectivity index (χ1) is 12.0. The molecule has 0 fully saturated rings. The molecule has 0 aliphatic heterocycles.